The van der Waals surface area contributed by atoms with Crippen LogP contribution < -0.4 is 5.73 Å². The van der Waals surface area contributed by atoms with Gasteiger partial charge in [-0.15, -0.1) is 0 Å². The molecular formula is C18H24N2O. The molecule has 0 bridgehead atoms. The first kappa shape index (κ1) is 14.2. The fourth-order valence-corrected chi connectivity index (χ4v) is 3.44. The number of hydrogen-bond donors (Lipinski definition) is 1. The van der Waals surface area contributed by atoms with E-state index in [0.717, 1.165) is 43.8 Å². The highest BCUT2D eigenvalue weighted by atomic mass is 16.3. The molecular weight excluding hydrogens is 260 g/mol. The molecule has 0 fully saturated rings. The number of furan rings is 1. The van der Waals surface area contributed by atoms with E-state index in [-0.39, 0.29) is 0 Å². The van der Waals surface area contributed by atoms with Crippen molar-refractivity contribution < 1.29 is 4.42 Å². The lowest BCUT2D eigenvalue weighted by Crippen LogP contribution is -2.40. The molecule has 0 saturated heterocycles. The van der Waals surface area contributed by atoms with Crippen molar-refractivity contribution in [2.24, 2.45) is 0 Å². The fraction of sp³-hybridized carbons (Fsp3) is 0.444. The van der Waals surface area contributed by atoms with Crippen LogP contribution in [0.4, 0.5) is 5.69 Å². The zero-order valence-electron chi connectivity index (χ0n) is 12.7. The van der Waals surface area contributed by atoms with Crippen LogP contribution in [0.25, 0.3) is 0 Å². The van der Waals surface area contributed by atoms with Crippen molar-refractivity contribution in [3.63, 3.8) is 0 Å². The van der Waals surface area contributed by atoms with Crippen LogP contribution in [0.15, 0.2) is 41.0 Å². The molecule has 2 N–H and O–H groups in total. The van der Waals surface area contributed by atoms with Crippen molar-refractivity contribution in [3.05, 3.63) is 53.5 Å². The average Bonchev–Trinajstić information content (AvgIpc) is 3.01. The van der Waals surface area contributed by atoms with E-state index in [9.17, 15) is 0 Å². The van der Waals surface area contributed by atoms with Crippen molar-refractivity contribution in [2.75, 3.05) is 18.8 Å². The zero-order valence-corrected chi connectivity index (χ0v) is 12.7. The van der Waals surface area contributed by atoms with Crippen LogP contribution in [0.2, 0.25) is 0 Å². The van der Waals surface area contributed by atoms with Gasteiger partial charge in [-0.3, -0.25) is 4.90 Å². The monoisotopic (exact) mass is 284 g/mol. The molecule has 1 aliphatic rings. The third-order valence-corrected chi connectivity index (χ3v) is 4.64. The van der Waals surface area contributed by atoms with E-state index in [1.54, 1.807) is 6.26 Å². The molecule has 3 heteroatoms. The van der Waals surface area contributed by atoms with Crippen molar-refractivity contribution in [1.82, 2.24) is 4.90 Å². The highest BCUT2D eigenvalue weighted by molar-refractivity contribution is 5.52. The van der Waals surface area contributed by atoms with Crippen molar-refractivity contribution in [1.29, 1.82) is 0 Å². The second-order valence-corrected chi connectivity index (χ2v) is 5.84. The summed E-state index contributed by atoms with van der Waals surface area (Å²) in [6.45, 7) is 4.40. The van der Waals surface area contributed by atoms with Gasteiger partial charge < -0.3 is 10.2 Å². The number of nitrogens with two attached hydrogens (primary N) is 1. The Labute approximate surface area is 126 Å². The van der Waals surface area contributed by atoms with Crippen LogP contribution in [-0.4, -0.2) is 24.0 Å². The van der Waals surface area contributed by atoms with Gasteiger partial charge >= 0.3 is 0 Å². The molecule has 21 heavy (non-hydrogen) atoms. The Balaban J connectivity index is 1.65. The van der Waals surface area contributed by atoms with Crippen LogP contribution in [0.1, 0.15) is 30.2 Å². The van der Waals surface area contributed by atoms with Gasteiger partial charge in [-0.25, -0.2) is 0 Å². The molecule has 0 radical (unpaired) electrons. The third-order valence-electron chi connectivity index (χ3n) is 4.64. The van der Waals surface area contributed by atoms with E-state index in [2.05, 4.69) is 30.0 Å². The molecule has 1 unspecified atom stereocenters. The Morgan fingerprint density at radius 1 is 1.29 bits per heavy atom. The van der Waals surface area contributed by atoms with Gasteiger partial charge in [0.2, 0.25) is 0 Å². The zero-order chi connectivity index (χ0) is 14.7. The van der Waals surface area contributed by atoms with Gasteiger partial charge in [0, 0.05) is 24.7 Å². The van der Waals surface area contributed by atoms with Gasteiger partial charge in [0.25, 0.3) is 0 Å². The van der Waals surface area contributed by atoms with Gasteiger partial charge in [0.1, 0.15) is 5.76 Å². The minimum Gasteiger partial charge on any atom is -0.469 e. The second kappa shape index (κ2) is 6.35. The van der Waals surface area contributed by atoms with E-state index in [1.807, 2.05) is 12.1 Å². The topological polar surface area (TPSA) is 42.4 Å². The summed E-state index contributed by atoms with van der Waals surface area (Å²) >= 11 is 0. The second-order valence-electron chi connectivity index (χ2n) is 5.84. The molecule has 0 saturated carbocycles. The third kappa shape index (κ3) is 3.13. The SMILES string of the molecule is CCN(CCc1ccco1)C1CCc2c(N)cccc2C1. The van der Waals surface area contributed by atoms with E-state index in [1.165, 1.54) is 17.5 Å². The van der Waals surface area contributed by atoms with E-state index >= 15 is 0 Å². The molecule has 1 atom stereocenters. The first-order chi connectivity index (χ1) is 10.3. The largest absolute Gasteiger partial charge is 0.469 e. The highest BCUT2D eigenvalue weighted by Gasteiger charge is 2.24. The number of fused-ring (bicyclic) bond motifs is 1. The van der Waals surface area contributed by atoms with Crippen molar-refractivity contribution in [3.8, 4) is 0 Å². The summed E-state index contributed by atoms with van der Waals surface area (Å²) in [5.41, 5.74) is 9.86. The van der Waals surface area contributed by atoms with Gasteiger partial charge in [0.05, 0.1) is 6.26 Å². The van der Waals surface area contributed by atoms with Gasteiger partial charge in [-0.05, 0) is 55.1 Å². The van der Waals surface area contributed by atoms with Crippen LogP contribution >= 0.6 is 0 Å². The minimum absolute atomic E-state index is 0.624. The van der Waals surface area contributed by atoms with Crippen molar-refractivity contribution in [2.45, 2.75) is 38.6 Å². The van der Waals surface area contributed by atoms with E-state index in [4.69, 9.17) is 10.2 Å². The maximum atomic E-state index is 6.09. The number of hydrogen-bond acceptors (Lipinski definition) is 3. The molecule has 3 nitrogen and oxygen atoms in total. The summed E-state index contributed by atoms with van der Waals surface area (Å²) in [5.74, 6) is 1.08. The lowest BCUT2D eigenvalue weighted by atomic mass is 9.86. The Morgan fingerprint density at radius 3 is 2.95 bits per heavy atom. The summed E-state index contributed by atoms with van der Waals surface area (Å²) in [7, 11) is 0. The number of anilines is 1. The Hall–Kier alpha value is -1.74. The molecule has 112 valence electrons. The number of likely N-dealkylation sites (N-methyl/N-ethyl adjacent to an activating group) is 1. The van der Waals surface area contributed by atoms with Crippen LogP contribution in [0, 0.1) is 0 Å². The molecule has 1 heterocycles. The summed E-state index contributed by atoms with van der Waals surface area (Å²) < 4.78 is 5.44. The van der Waals surface area contributed by atoms with E-state index in [0.29, 0.717) is 6.04 Å². The lowest BCUT2D eigenvalue weighted by molar-refractivity contribution is 0.188. The molecule has 0 aliphatic heterocycles. The number of benzene rings is 1. The molecule has 2 aromatic rings. The van der Waals surface area contributed by atoms with Crippen LogP contribution in [0.5, 0.6) is 0 Å². The molecule has 0 amide bonds. The quantitative estimate of drug-likeness (QED) is 0.857. The molecule has 1 aromatic carbocycles. The summed E-state index contributed by atoms with van der Waals surface area (Å²) in [4.78, 5) is 2.58. The summed E-state index contributed by atoms with van der Waals surface area (Å²) in [6, 6.07) is 11.0. The van der Waals surface area contributed by atoms with E-state index < -0.39 is 0 Å². The summed E-state index contributed by atoms with van der Waals surface area (Å²) in [5, 5.41) is 0. The first-order valence-electron chi connectivity index (χ1n) is 7.90. The molecule has 3 rings (SSSR count). The normalized spacial score (nSPS) is 17.9. The Kier molecular flexibility index (Phi) is 4.30. The Morgan fingerprint density at radius 2 is 2.19 bits per heavy atom. The van der Waals surface area contributed by atoms with Gasteiger partial charge in [-0.2, -0.15) is 0 Å². The first-order valence-corrected chi connectivity index (χ1v) is 7.90. The predicted molar refractivity (Wildman–Crippen MR) is 86.3 cm³/mol. The minimum atomic E-state index is 0.624. The molecule has 1 aliphatic carbocycles. The van der Waals surface area contributed by atoms with Gasteiger partial charge in [0.15, 0.2) is 0 Å². The van der Waals surface area contributed by atoms with Crippen LogP contribution in [0.3, 0.4) is 0 Å². The van der Waals surface area contributed by atoms with Crippen molar-refractivity contribution >= 4 is 5.69 Å². The van der Waals surface area contributed by atoms with Gasteiger partial charge in [-0.1, -0.05) is 19.1 Å². The molecule has 1 aromatic heterocycles. The standard InChI is InChI=1S/C18H24N2O/c1-2-20(11-10-16-6-4-12-21-16)15-8-9-17-14(13-15)5-3-7-18(17)19/h3-7,12,15H,2,8-11,13,19H2,1H3. The summed E-state index contributed by atoms with van der Waals surface area (Å²) in [6.07, 6.45) is 6.16. The predicted octanol–water partition coefficient (Wildman–Crippen LogP) is 3.28. The average molecular weight is 284 g/mol. The fourth-order valence-electron chi connectivity index (χ4n) is 3.44. The number of nitrogen functional groups attached to an aromatic ring is 1. The molecule has 0 spiro atoms. The lowest BCUT2D eigenvalue weighted by Gasteiger charge is -2.34. The number of nitrogens with zero attached hydrogens (tertiary/aromatic N) is 1. The highest BCUT2D eigenvalue weighted by Crippen LogP contribution is 2.28. The van der Waals surface area contributed by atoms with Crippen LogP contribution in [-0.2, 0) is 19.3 Å². The maximum Gasteiger partial charge on any atom is 0.105 e. The Bertz CT molecular complexity index is 577. The maximum absolute atomic E-state index is 6.09. The smallest absolute Gasteiger partial charge is 0.105 e. The number of rotatable bonds is 5.